The van der Waals surface area contributed by atoms with Crippen LogP contribution in [0.5, 0.6) is 0 Å². The summed E-state index contributed by atoms with van der Waals surface area (Å²) in [7, 11) is 0. The number of aliphatic carboxylic acids is 1. The topological polar surface area (TPSA) is 40.5 Å². The van der Waals surface area contributed by atoms with Gasteiger partial charge in [0.2, 0.25) is 0 Å². The summed E-state index contributed by atoms with van der Waals surface area (Å²) in [4.78, 5) is 12.9. The Kier molecular flexibility index (Phi) is 4.33. The van der Waals surface area contributed by atoms with Crippen LogP contribution in [0.15, 0.2) is 12.2 Å². The lowest BCUT2D eigenvalue weighted by Gasteiger charge is -2.26. The second-order valence-electron chi connectivity index (χ2n) is 5.04. The summed E-state index contributed by atoms with van der Waals surface area (Å²) in [5.74, 6) is -0.689. The predicted molar refractivity (Wildman–Crippen MR) is 60.8 cm³/mol. The first-order chi connectivity index (χ1) is 6.99. The molecule has 0 aromatic heterocycles. The summed E-state index contributed by atoms with van der Waals surface area (Å²) in [5, 5.41) is 8.64. The lowest BCUT2D eigenvalue weighted by molar-refractivity contribution is -0.137. The zero-order valence-electron chi connectivity index (χ0n) is 9.70. The minimum Gasteiger partial charge on any atom is -0.481 e. The fraction of sp³-hybridized carbons (Fsp3) is 0.750. The molecule has 0 aliphatic carbocycles. The minimum absolute atomic E-state index is 0.140. The van der Waals surface area contributed by atoms with Gasteiger partial charge in [-0.05, 0) is 24.8 Å². The summed E-state index contributed by atoms with van der Waals surface area (Å²) in [6.45, 7) is 7.47. The van der Waals surface area contributed by atoms with Crippen molar-refractivity contribution in [3.05, 3.63) is 12.2 Å². The van der Waals surface area contributed by atoms with E-state index in [0.717, 1.165) is 32.5 Å². The molecule has 15 heavy (non-hydrogen) atoms. The maximum Gasteiger partial charge on any atom is 0.303 e. The molecule has 0 saturated carbocycles. The van der Waals surface area contributed by atoms with Gasteiger partial charge in [-0.25, -0.2) is 0 Å². The third-order valence-electron chi connectivity index (χ3n) is 3.01. The standard InChI is InChI=1S/C12H21NO2/c1-12(2,6-5-11(14)15)7-10-13-8-3-4-9-13/h3-4H,5-10H2,1-2H3,(H,14,15). The van der Waals surface area contributed by atoms with Crippen molar-refractivity contribution in [2.45, 2.75) is 33.1 Å². The molecule has 1 N–H and O–H groups in total. The van der Waals surface area contributed by atoms with Crippen LogP contribution in [0.4, 0.5) is 0 Å². The van der Waals surface area contributed by atoms with Gasteiger partial charge in [0.1, 0.15) is 0 Å². The van der Waals surface area contributed by atoms with Crippen molar-refractivity contribution in [2.24, 2.45) is 5.41 Å². The van der Waals surface area contributed by atoms with Crippen LogP contribution in [-0.2, 0) is 4.79 Å². The fourth-order valence-corrected chi connectivity index (χ4v) is 1.74. The average molecular weight is 211 g/mol. The molecule has 0 radical (unpaired) electrons. The Bertz CT molecular complexity index is 238. The summed E-state index contributed by atoms with van der Waals surface area (Å²) in [6, 6.07) is 0. The van der Waals surface area contributed by atoms with Gasteiger partial charge in [0.15, 0.2) is 0 Å². The first-order valence-electron chi connectivity index (χ1n) is 5.59. The maximum absolute atomic E-state index is 10.5. The molecule has 0 saturated heterocycles. The number of hydrogen-bond acceptors (Lipinski definition) is 2. The Hall–Kier alpha value is -0.830. The number of carbonyl (C=O) groups is 1. The molecule has 1 heterocycles. The van der Waals surface area contributed by atoms with Crippen LogP contribution in [-0.4, -0.2) is 35.6 Å². The van der Waals surface area contributed by atoms with E-state index in [1.54, 1.807) is 0 Å². The van der Waals surface area contributed by atoms with Crippen molar-refractivity contribution in [3.63, 3.8) is 0 Å². The molecule has 1 rings (SSSR count). The highest BCUT2D eigenvalue weighted by atomic mass is 16.4. The van der Waals surface area contributed by atoms with E-state index >= 15 is 0 Å². The third-order valence-corrected chi connectivity index (χ3v) is 3.01. The molecule has 0 aromatic carbocycles. The van der Waals surface area contributed by atoms with Crippen molar-refractivity contribution in [1.82, 2.24) is 4.90 Å². The zero-order valence-corrected chi connectivity index (χ0v) is 9.70. The maximum atomic E-state index is 10.5. The van der Waals surface area contributed by atoms with Gasteiger partial charge >= 0.3 is 5.97 Å². The number of hydrogen-bond donors (Lipinski definition) is 1. The van der Waals surface area contributed by atoms with E-state index in [-0.39, 0.29) is 11.8 Å². The predicted octanol–water partition coefficient (Wildman–Crippen LogP) is 2.14. The Labute approximate surface area is 91.8 Å². The molecular weight excluding hydrogens is 190 g/mol. The van der Waals surface area contributed by atoms with Gasteiger partial charge < -0.3 is 5.11 Å². The normalized spacial score (nSPS) is 17.2. The van der Waals surface area contributed by atoms with Crippen molar-refractivity contribution < 1.29 is 9.90 Å². The van der Waals surface area contributed by atoms with Gasteiger partial charge in [0.25, 0.3) is 0 Å². The van der Waals surface area contributed by atoms with E-state index in [4.69, 9.17) is 5.11 Å². The summed E-state index contributed by atoms with van der Waals surface area (Å²) in [5.41, 5.74) is 0.140. The third kappa shape index (κ3) is 4.98. The number of rotatable bonds is 6. The van der Waals surface area contributed by atoms with E-state index in [0.29, 0.717) is 0 Å². The highest BCUT2D eigenvalue weighted by Gasteiger charge is 2.20. The largest absolute Gasteiger partial charge is 0.481 e. The van der Waals surface area contributed by atoms with Crippen LogP contribution in [0.25, 0.3) is 0 Å². The van der Waals surface area contributed by atoms with Crippen LogP contribution < -0.4 is 0 Å². The summed E-state index contributed by atoms with van der Waals surface area (Å²) < 4.78 is 0. The van der Waals surface area contributed by atoms with Crippen molar-refractivity contribution in [3.8, 4) is 0 Å². The van der Waals surface area contributed by atoms with Gasteiger partial charge in [-0.1, -0.05) is 26.0 Å². The van der Waals surface area contributed by atoms with Crippen molar-refractivity contribution >= 4 is 5.97 Å². The zero-order chi connectivity index (χ0) is 11.3. The first-order valence-corrected chi connectivity index (χ1v) is 5.59. The lowest BCUT2D eigenvalue weighted by atomic mass is 9.84. The van der Waals surface area contributed by atoms with Crippen molar-refractivity contribution in [2.75, 3.05) is 19.6 Å². The van der Waals surface area contributed by atoms with Gasteiger partial charge in [0, 0.05) is 19.5 Å². The average Bonchev–Trinajstić information content (AvgIpc) is 2.65. The van der Waals surface area contributed by atoms with Crippen LogP contribution in [0.1, 0.15) is 33.1 Å². The van der Waals surface area contributed by atoms with Gasteiger partial charge in [-0.2, -0.15) is 0 Å². The smallest absolute Gasteiger partial charge is 0.303 e. The molecule has 3 heteroatoms. The second-order valence-corrected chi connectivity index (χ2v) is 5.04. The molecule has 1 aliphatic heterocycles. The number of carboxylic acids is 1. The van der Waals surface area contributed by atoms with E-state index < -0.39 is 5.97 Å². The fourth-order valence-electron chi connectivity index (χ4n) is 1.74. The molecule has 0 bridgehead atoms. The SMILES string of the molecule is CC(C)(CCC(=O)O)CCN1CC=CC1. The molecule has 0 spiro atoms. The summed E-state index contributed by atoms with van der Waals surface area (Å²) in [6.07, 6.45) is 6.49. The molecule has 0 atom stereocenters. The molecule has 0 amide bonds. The van der Waals surface area contributed by atoms with Gasteiger partial charge in [-0.3, -0.25) is 9.69 Å². The highest BCUT2D eigenvalue weighted by Crippen LogP contribution is 2.27. The molecule has 0 unspecified atom stereocenters. The monoisotopic (exact) mass is 211 g/mol. The van der Waals surface area contributed by atoms with E-state index in [1.807, 2.05) is 0 Å². The van der Waals surface area contributed by atoms with E-state index in [1.165, 1.54) is 0 Å². The highest BCUT2D eigenvalue weighted by molar-refractivity contribution is 5.66. The Balaban J connectivity index is 2.19. The quantitative estimate of drug-likeness (QED) is 0.684. The summed E-state index contributed by atoms with van der Waals surface area (Å²) >= 11 is 0. The lowest BCUT2D eigenvalue weighted by Crippen LogP contribution is -2.26. The Morgan fingerprint density at radius 3 is 2.47 bits per heavy atom. The molecule has 86 valence electrons. The van der Waals surface area contributed by atoms with Crippen molar-refractivity contribution in [1.29, 1.82) is 0 Å². The molecule has 0 fully saturated rings. The first kappa shape index (κ1) is 12.2. The number of carboxylic acid groups (broad SMARTS) is 1. The van der Waals surface area contributed by atoms with Crippen LogP contribution in [0.3, 0.4) is 0 Å². The molecule has 1 aliphatic rings. The molecule has 0 aromatic rings. The Morgan fingerprint density at radius 1 is 1.33 bits per heavy atom. The molecular formula is C12H21NO2. The van der Waals surface area contributed by atoms with E-state index in [2.05, 4.69) is 30.9 Å². The molecule has 3 nitrogen and oxygen atoms in total. The van der Waals surface area contributed by atoms with Crippen LogP contribution in [0.2, 0.25) is 0 Å². The number of nitrogens with zero attached hydrogens (tertiary/aromatic N) is 1. The second kappa shape index (κ2) is 5.31. The van der Waals surface area contributed by atoms with Crippen LogP contribution >= 0.6 is 0 Å². The minimum atomic E-state index is -0.689. The Morgan fingerprint density at radius 2 is 1.93 bits per heavy atom. The van der Waals surface area contributed by atoms with Gasteiger partial charge in [0.05, 0.1) is 0 Å². The van der Waals surface area contributed by atoms with E-state index in [9.17, 15) is 4.79 Å². The van der Waals surface area contributed by atoms with Gasteiger partial charge in [-0.15, -0.1) is 0 Å². The van der Waals surface area contributed by atoms with Crippen LogP contribution in [0, 0.1) is 5.41 Å².